The van der Waals surface area contributed by atoms with Crippen LogP contribution in [0.5, 0.6) is 0 Å². The van der Waals surface area contributed by atoms with Crippen LogP contribution in [0.3, 0.4) is 0 Å². The topological polar surface area (TPSA) is 157 Å². The minimum absolute atomic E-state index is 0.0162. The molecule has 0 spiro atoms. The van der Waals surface area contributed by atoms with Crippen LogP contribution in [-0.4, -0.2) is 28.2 Å². The number of hydrogen-bond donors (Lipinski definition) is 2. The molecule has 0 atom stereocenters. The summed E-state index contributed by atoms with van der Waals surface area (Å²) in [6.45, 7) is 8.14. The molecule has 0 aromatic heterocycles. The number of halogens is 3. The summed E-state index contributed by atoms with van der Waals surface area (Å²) in [5, 5.41) is 21.9. The van der Waals surface area contributed by atoms with Crippen LogP contribution < -0.4 is 16.9 Å². The number of nitro benzene ring substituents is 2. The number of anilines is 2. The van der Waals surface area contributed by atoms with E-state index in [0.29, 0.717) is 37.0 Å². The predicted octanol–water partition coefficient (Wildman–Crippen LogP) is 8.08. The molecule has 0 saturated carbocycles. The summed E-state index contributed by atoms with van der Waals surface area (Å²) in [6, 6.07) is 23.6. The molecule has 4 N–H and O–H groups in total. The average molecular weight is 704 g/mol. The van der Waals surface area contributed by atoms with Gasteiger partial charge in [0.15, 0.2) is 0 Å². The van der Waals surface area contributed by atoms with Crippen molar-refractivity contribution < 1.29 is 19.2 Å². The van der Waals surface area contributed by atoms with Gasteiger partial charge in [0.05, 0.1) is 36.7 Å². The van der Waals surface area contributed by atoms with Gasteiger partial charge in [0.25, 0.3) is 11.4 Å². The Morgan fingerprint density at radius 1 is 0.705 bits per heavy atom. The summed E-state index contributed by atoms with van der Waals surface area (Å²) < 4.78 is 12.2. The number of nitrogens with two attached hydrogens (primary N) is 2. The quantitative estimate of drug-likeness (QED) is 0.0935. The first-order valence-electron chi connectivity index (χ1n) is 13.1. The van der Waals surface area contributed by atoms with Crippen LogP contribution >= 0.6 is 39.1 Å². The van der Waals surface area contributed by atoms with E-state index in [0.717, 1.165) is 5.46 Å². The molecule has 0 unspecified atom stereocenters. The summed E-state index contributed by atoms with van der Waals surface area (Å²) in [5.41, 5.74) is 14.0. The van der Waals surface area contributed by atoms with Crippen LogP contribution in [0.1, 0.15) is 27.7 Å². The summed E-state index contributed by atoms with van der Waals surface area (Å²) in [4.78, 5) is 20.3. The van der Waals surface area contributed by atoms with E-state index in [1.807, 2.05) is 52.0 Å². The third kappa shape index (κ3) is 8.07. The molecular formula is C30H30BBrCl2N4O6. The third-order valence-electron chi connectivity index (χ3n) is 7.05. The lowest BCUT2D eigenvalue weighted by Crippen LogP contribution is -2.41. The molecule has 230 valence electrons. The SMILES string of the molecule is CC1(C)OB(c2ccccc2N)OC1(C)C.Nc1ccccc1-c1c(Cl)cccc1[N+](=O)[O-].O=[N+]([O-])c1cccc(Cl)c1Br. The zero-order chi connectivity index (χ0) is 32.8. The van der Waals surface area contributed by atoms with Crippen molar-refractivity contribution in [3.63, 3.8) is 0 Å². The summed E-state index contributed by atoms with van der Waals surface area (Å²) >= 11 is 14.6. The average Bonchev–Trinajstić information content (AvgIpc) is 3.17. The monoisotopic (exact) mass is 702 g/mol. The molecule has 44 heavy (non-hydrogen) atoms. The van der Waals surface area contributed by atoms with Gasteiger partial charge >= 0.3 is 7.12 Å². The Bertz CT molecular complexity index is 1660. The maximum Gasteiger partial charge on any atom is 0.496 e. The molecular weight excluding hydrogens is 674 g/mol. The summed E-state index contributed by atoms with van der Waals surface area (Å²) in [7, 11) is -0.369. The van der Waals surface area contributed by atoms with E-state index in [-0.39, 0.29) is 29.7 Å². The highest BCUT2D eigenvalue weighted by atomic mass is 79.9. The molecule has 4 aromatic rings. The first-order valence-corrected chi connectivity index (χ1v) is 14.7. The van der Waals surface area contributed by atoms with Gasteiger partial charge in [-0.3, -0.25) is 20.2 Å². The fraction of sp³-hybridized carbons (Fsp3) is 0.200. The van der Waals surface area contributed by atoms with Gasteiger partial charge in [-0.15, -0.1) is 0 Å². The van der Waals surface area contributed by atoms with Gasteiger partial charge in [0.1, 0.15) is 4.47 Å². The fourth-order valence-corrected chi connectivity index (χ4v) is 4.84. The minimum Gasteiger partial charge on any atom is -0.399 e. The van der Waals surface area contributed by atoms with Crippen molar-refractivity contribution >= 4 is 74.5 Å². The molecule has 1 fully saturated rings. The van der Waals surface area contributed by atoms with Gasteiger partial charge in [-0.2, -0.15) is 0 Å². The Balaban J connectivity index is 0.000000185. The molecule has 1 aliphatic heterocycles. The Labute approximate surface area is 273 Å². The summed E-state index contributed by atoms with van der Waals surface area (Å²) in [5.74, 6) is 0. The van der Waals surface area contributed by atoms with Crippen LogP contribution in [0, 0.1) is 20.2 Å². The Hall–Kier alpha value is -3.68. The second kappa shape index (κ2) is 14.4. The van der Waals surface area contributed by atoms with Crippen molar-refractivity contribution in [1.82, 2.24) is 0 Å². The lowest BCUT2D eigenvalue weighted by molar-refractivity contribution is -0.385. The molecule has 1 aliphatic rings. The van der Waals surface area contributed by atoms with E-state index in [1.165, 1.54) is 18.2 Å². The molecule has 0 aliphatic carbocycles. The van der Waals surface area contributed by atoms with E-state index in [4.69, 9.17) is 44.0 Å². The molecule has 1 heterocycles. The van der Waals surface area contributed by atoms with Gasteiger partial charge in [0.2, 0.25) is 0 Å². The molecule has 4 aromatic carbocycles. The molecule has 5 rings (SSSR count). The highest BCUT2D eigenvalue weighted by Crippen LogP contribution is 2.39. The summed E-state index contributed by atoms with van der Waals surface area (Å²) in [6.07, 6.45) is 0. The zero-order valence-electron chi connectivity index (χ0n) is 24.3. The maximum atomic E-state index is 11.0. The molecule has 14 heteroatoms. The lowest BCUT2D eigenvalue weighted by Gasteiger charge is -2.32. The highest BCUT2D eigenvalue weighted by Gasteiger charge is 2.52. The van der Waals surface area contributed by atoms with Crippen molar-refractivity contribution in [3.8, 4) is 11.1 Å². The molecule has 0 amide bonds. The first-order chi connectivity index (χ1) is 20.6. The largest absolute Gasteiger partial charge is 0.496 e. The number of nitro groups is 2. The van der Waals surface area contributed by atoms with Gasteiger partial charge in [-0.1, -0.05) is 71.7 Å². The normalized spacial score (nSPS) is 14.5. The molecule has 10 nitrogen and oxygen atoms in total. The molecule has 0 radical (unpaired) electrons. The lowest BCUT2D eigenvalue weighted by atomic mass is 9.78. The Morgan fingerprint density at radius 3 is 1.68 bits per heavy atom. The predicted molar refractivity (Wildman–Crippen MR) is 180 cm³/mol. The second-order valence-electron chi connectivity index (χ2n) is 10.5. The van der Waals surface area contributed by atoms with Crippen LogP contribution in [0.25, 0.3) is 11.1 Å². The van der Waals surface area contributed by atoms with E-state index < -0.39 is 9.85 Å². The van der Waals surface area contributed by atoms with Crippen molar-refractivity contribution in [2.24, 2.45) is 0 Å². The first kappa shape index (κ1) is 34.8. The molecule has 1 saturated heterocycles. The standard InChI is InChI=1S/C12H18BNO2.C12H9ClN2O2.C6H3BrClNO2/c1-11(2)12(3,4)16-13(15-11)9-7-5-6-8-10(9)14;13-9-5-3-7-11(15(16)17)12(9)8-4-1-2-6-10(8)14;7-6-4(8)2-1-3-5(6)9(10)11/h5-8H,14H2,1-4H3;1-7H,14H2;1-3H. The number of benzene rings is 4. The number of rotatable bonds is 4. The number of nitrogens with zero attached hydrogens (tertiary/aromatic N) is 2. The van der Waals surface area contributed by atoms with Gasteiger partial charge < -0.3 is 20.8 Å². The third-order valence-corrected chi connectivity index (χ3v) is 8.74. The van der Waals surface area contributed by atoms with Crippen LogP contribution in [0.4, 0.5) is 22.7 Å². The smallest absolute Gasteiger partial charge is 0.399 e. The van der Waals surface area contributed by atoms with Crippen molar-refractivity contribution in [2.75, 3.05) is 11.5 Å². The maximum absolute atomic E-state index is 11.0. The van der Waals surface area contributed by atoms with Crippen molar-refractivity contribution in [2.45, 2.75) is 38.9 Å². The van der Waals surface area contributed by atoms with Gasteiger partial charge in [-0.05, 0) is 67.9 Å². The number of nitrogen functional groups attached to an aromatic ring is 2. The van der Waals surface area contributed by atoms with Crippen molar-refractivity contribution in [3.05, 3.63) is 120 Å². The van der Waals surface area contributed by atoms with Crippen molar-refractivity contribution in [1.29, 1.82) is 0 Å². The van der Waals surface area contributed by atoms with Gasteiger partial charge in [-0.25, -0.2) is 0 Å². The van der Waals surface area contributed by atoms with E-state index in [1.54, 1.807) is 42.5 Å². The van der Waals surface area contributed by atoms with E-state index in [9.17, 15) is 20.2 Å². The highest BCUT2D eigenvalue weighted by molar-refractivity contribution is 9.10. The number of hydrogen-bond acceptors (Lipinski definition) is 8. The van der Waals surface area contributed by atoms with E-state index in [2.05, 4.69) is 15.9 Å². The zero-order valence-corrected chi connectivity index (χ0v) is 27.4. The van der Waals surface area contributed by atoms with Crippen LogP contribution in [-0.2, 0) is 9.31 Å². The van der Waals surface area contributed by atoms with Crippen LogP contribution in [0.15, 0.2) is 89.4 Å². The minimum atomic E-state index is -0.490. The Morgan fingerprint density at radius 2 is 1.18 bits per heavy atom. The van der Waals surface area contributed by atoms with Gasteiger partial charge in [0, 0.05) is 34.5 Å². The van der Waals surface area contributed by atoms with Crippen LogP contribution in [0.2, 0.25) is 10.0 Å². The Kier molecular flexibility index (Phi) is 11.4. The second-order valence-corrected chi connectivity index (χ2v) is 12.1. The number of para-hydroxylation sites is 2. The fourth-order valence-electron chi connectivity index (χ4n) is 3.99. The molecule has 0 bridgehead atoms. The van der Waals surface area contributed by atoms with E-state index >= 15 is 0 Å².